The number of benzene rings is 1. The maximum Gasteiger partial charge on any atom is 2.00 e. The summed E-state index contributed by atoms with van der Waals surface area (Å²) in [5.74, 6) is 0.161. The van der Waals surface area contributed by atoms with Crippen LogP contribution in [0.3, 0.4) is 0 Å². The average Bonchev–Trinajstić information content (AvgIpc) is 3.06. The monoisotopic (exact) mass is 354 g/mol. The van der Waals surface area contributed by atoms with Gasteiger partial charge in [-0.25, -0.2) is 0 Å². The molecule has 1 aromatic carbocycles. The van der Waals surface area contributed by atoms with E-state index in [0.29, 0.717) is 6.61 Å². The zero-order valence-corrected chi connectivity index (χ0v) is 13.9. The third kappa shape index (κ3) is 3.21. The molecule has 0 saturated heterocycles. The van der Waals surface area contributed by atoms with Gasteiger partial charge in [0.2, 0.25) is 0 Å². The quantitative estimate of drug-likeness (QED) is 0.626. The first-order valence-electron chi connectivity index (χ1n) is 8.08. The number of nitrogens with zero attached hydrogens (tertiary/aromatic N) is 2. The van der Waals surface area contributed by atoms with E-state index < -0.39 is 0 Å². The van der Waals surface area contributed by atoms with E-state index in [0.717, 1.165) is 37.1 Å². The topological polar surface area (TPSA) is 44.1 Å². The number of carbonyl (C=O) groups is 1. The van der Waals surface area contributed by atoms with Crippen LogP contribution in [0.5, 0.6) is 0 Å². The van der Waals surface area contributed by atoms with E-state index in [1.165, 1.54) is 12.1 Å². The van der Waals surface area contributed by atoms with Gasteiger partial charge in [0.15, 0.2) is 0 Å². The van der Waals surface area contributed by atoms with E-state index in [-0.39, 0.29) is 34.3 Å². The maximum absolute atomic E-state index is 12.3. The molecule has 2 aliphatic rings. The van der Waals surface area contributed by atoms with Crippen molar-refractivity contribution in [1.29, 1.82) is 0 Å². The number of rotatable bonds is 4. The van der Waals surface area contributed by atoms with E-state index in [2.05, 4.69) is 15.8 Å². The third-order valence-electron chi connectivity index (χ3n) is 4.87. The van der Waals surface area contributed by atoms with Crippen LogP contribution in [0, 0.1) is 5.92 Å². The first-order chi connectivity index (χ1) is 10.8. The molecule has 1 aliphatic heterocycles. The molecule has 4 rings (SSSR count). The summed E-state index contributed by atoms with van der Waals surface area (Å²) in [6, 6.07) is 12.0. The molecule has 2 atom stereocenters. The number of carbonyl (C=O) groups excluding carboxylic acids is 1. The van der Waals surface area contributed by atoms with E-state index in [1.807, 2.05) is 30.3 Å². The van der Waals surface area contributed by atoms with Crippen molar-refractivity contribution in [2.24, 2.45) is 5.92 Å². The normalized spacial score (nSPS) is 21.9. The van der Waals surface area contributed by atoms with Crippen LogP contribution < -0.4 is 0 Å². The predicted molar refractivity (Wildman–Crippen MR) is 82.3 cm³/mol. The molecule has 0 spiro atoms. The molecule has 2 heterocycles. The molecule has 1 aliphatic carbocycles. The van der Waals surface area contributed by atoms with Crippen molar-refractivity contribution in [1.82, 2.24) is 9.78 Å². The van der Waals surface area contributed by atoms with Gasteiger partial charge in [-0.1, -0.05) is 30.3 Å². The summed E-state index contributed by atoms with van der Waals surface area (Å²) in [4.78, 5) is 12.3. The summed E-state index contributed by atoms with van der Waals surface area (Å²) in [5.41, 5.74) is 3.44. The van der Waals surface area contributed by atoms with E-state index in [9.17, 15) is 4.79 Å². The Hall–Kier alpha value is -1.61. The Bertz CT molecular complexity index is 662. The van der Waals surface area contributed by atoms with Gasteiger partial charge in [0, 0.05) is 18.2 Å². The Labute approximate surface area is 146 Å². The van der Waals surface area contributed by atoms with Crippen LogP contribution in [0.15, 0.2) is 36.4 Å². The predicted octanol–water partition coefficient (Wildman–Crippen LogP) is 3.06. The summed E-state index contributed by atoms with van der Waals surface area (Å²) < 4.78 is 7.58. The fourth-order valence-electron chi connectivity index (χ4n) is 3.44. The van der Waals surface area contributed by atoms with Crippen LogP contribution in [-0.4, -0.2) is 15.7 Å². The molecule has 5 heteroatoms. The number of aromatic nitrogens is 2. The number of fused-ring (bicyclic) bond motifs is 1. The molecular formula is C18H20N2NiO2+2. The molecule has 23 heavy (non-hydrogen) atoms. The van der Waals surface area contributed by atoms with Gasteiger partial charge in [0.05, 0.1) is 11.6 Å². The van der Waals surface area contributed by atoms with Gasteiger partial charge in [-0.3, -0.25) is 9.48 Å². The Morgan fingerprint density at radius 3 is 2.78 bits per heavy atom. The number of hydrogen-bond donors (Lipinski definition) is 0. The number of esters is 1. The molecule has 1 saturated carbocycles. The van der Waals surface area contributed by atoms with E-state index >= 15 is 0 Å². The minimum Gasteiger partial charge on any atom is -0.461 e. The SMILES string of the molecule is O=C(OCc1ccccc1)[C@H]1CCC1c1cc2n(n1)CCC2.[Ni+2]. The first-order valence-corrected chi connectivity index (χ1v) is 8.08. The second-order valence-electron chi connectivity index (χ2n) is 6.27. The molecule has 1 unspecified atom stereocenters. The Kier molecular flexibility index (Phi) is 4.86. The molecule has 2 aromatic rings. The number of aryl methyl sites for hydroxylation is 2. The van der Waals surface area contributed by atoms with Crippen LogP contribution in [-0.2, 0) is 45.6 Å². The van der Waals surface area contributed by atoms with Crippen LogP contribution >= 0.6 is 0 Å². The summed E-state index contributed by atoms with van der Waals surface area (Å²) in [7, 11) is 0. The second-order valence-corrected chi connectivity index (χ2v) is 6.27. The van der Waals surface area contributed by atoms with Gasteiger partial charge in [0.1, 0.15) is 6.61 Å². The van der Waals surface area contributed by atoms with Crippen LogP contribution in [0.4, 0.5) is 0 Å². The zero-order valence-electron chi connectivity index (χ0n) is 12.9. The Morgan fingerprint density at radius 1 is 1.26 bits per heavy atom. The van der Waals surface area contributed by atoms with Crippen molar-refractivity contribution >= 4 is 5.97 Å². The van der Waals surface area contributed by atoms with Gasteiger partial charge in [-0.05, 0) is 37.3 Å². The van der Waals surface area contributed by atoms with Crippen molar-refractivity contribution in [3.05, 3.63) is 53.3 Å². The Morgan fingerprint density at radius 2 is 2.09 bits per heavy atom. The summed E-state index contributed by atoms with van der Waals surface area (Å²) >= 11 is 0. The van der Waals surface area contributed by atoms with Crippen molar-refractivity contribution in [2.45, 2.75) is 44.8 Å². The van der Waals surface area contributed by atoms with Crippen LogP contribution in [0.2, 0.25) is 0 Å². The molecule has 0 radical (unpaired) electrons. The van der Waals surface area contributed by atoms with Gasteiger partial charge in [0.25, 0.3) is 0 Å². The molecule has 0 amide bonds. The van der Waals surface area contributed by atoms with Crippen molar-refractivity contribution < 1.29 is 26.0 Å². The van der Waals surface area contributed by atoms with Gasteiger partial charge in [-0.15, -0.1) is 0 Å². The second kappa shape index (κ2) is 6.88. The minimum absolute atomic E-state index is 0. The van der Waals surface area contributed by atoms with Crippen molar-refractivity contribution in [3.63, 3.8) is 0 Å². The Balaban J connectivity index is 0.00000156. The standard InChI is InChI=1S/C18H20N2O2.Ni/c21-18(22-12-13-5-2-1-3-6-13)16-9-8-15(16)17-11-14-7-4-10-20(14)19-17;/h1-3,5-6,11,15-16H,4,7-10,12H2;/q;+2/t15?,16-;/m0./s1. The molecule has 1 fully saturated rings. The molecule has 1 aromatic heterocycles. The van der Waals surface area contributed by atoms with E-state index in [1.54, 1.807) is 0 Å². The van der Waals surface area contributed by atoms with Gasteiger partial charge in [-0.2, -0.15) is 5.10 Å². The average molecular weight is 355 g/mol. The van der Waals surface area contributed by atoms with E-state index in [4.69, 9.17) is 4.74 Å². The molecule has 0 N–H and O–H groups in total. The molecular weight excluding hydrogens is 335 g/mol. The molecule has 4 nitrogen and oxygen atoms in total. The fraction of sp³-hybridized carbons (Fsp3) is 0.444. The summed E-state index contributed by atoms with van der Waals surface area (Å²) in [6.07, 6.45) is 4.26. The largest absolute Gasteiger partial charge is 2.00 e. The number of ether oxygens (including phenoxy) is 1. The van der Waals surface area contributed by atoms with Crippen LogP contribution in [0.1, 0.15) is 42.1 Å². The number of hydrogen-bond acceptors (Lipinski definition) is 3. The van der Waals surface area contributed by atoms with Gasteiger partial charge < -0.3 is 4.74 Å². The maximum atomic E-state index is 12.3. The zero-order chi connectivity index (χ0) is 14.9. The minimum atomic E-state index is -0.0757. The summed E-state index contributed by atoms with van der Waals surface area (Å²) in [5, 5.41) is 4.67. The molecule has 0 bridgehead atoms. The fourth-order valence-corrected chi connectivity index (χ4v) is 3.44. The third-order valence-corrected chi connectivity index (χ3v) is 4.87. The van der Waals surface area contributed by atoms with Gasteiger partial charge >= 0.3 is 22.5 Å². The first kappa shape index (κ1) is 16.3. The van der Waals surface area contributed by atoms with Crippen LogP contribution in [0.25, 0.3) is 0 Å². The smallest absolute Gasteiger partial charge is 0.461 e. The summed E-state index contributed by atoms with van der Waals surface area (Å²) in [6.45, 7) is 1.38. The van der Waals surface area contributed by atoms with Crippen molar-refractivity contribution in [3.8, 4) is 0 Å². The van der Waals surface area contributed by atoms with Crippen molar-refractivity contribution in [2.75, 3.05) is 0 Å². The molecule has 122 valence electrons.